The van der Waals surface area contributed by atoms with E-state index in [2.05, 4.69) is 188 Å². The Morgan fingerprint density at radius 3 is 1.30 bits per heavy atom. The molecule has 0 amide bonds. The summed E-state index contributed by atoms with van der Waals surface area (Å²) in [6, 6.07) is 70.4. The predicted octanol–water partition coefficient (Wildman–Crippen LogP) is 14.7. The molecule has 0 spiro atoms. The second-order valence-corrected chi connectivity index (χ2v) is 14.9. The molecule has 0 saturated carbocycles. The zero-order valence-electron chi connectivity index (χ0n) is 30.4. The van der Waals surface area contributed by atoms with E-state index in [0.717, 1.165) is 44.3 Å². The molecule has 2 heteroatoms. The van der Waals surface area contributed by atoms with E-state index in [4.69, 9.17) is 9.97 Å². The van der Waals surface area contributed by atoms with Crippen LogP contribution in [0.4, 0.5) is 0 Å². The molecule has 0 fully saturated rings. The monoisotopic (exact) mass is 708 g/mol. The highest BCUT2D eigenvalue weighted by Gasteiger charge is 2.20. The van der Waals surface area contributed by atoms with Gasteiger partial charge in [-0.25, -0.2) is 9.97 Å². The van der Waals surface area contributed by atoms with Gasteiger partial charge in [0.2, 0.25) is 0 Å². The summed E-state index contributed by atoms with van der Waals surface area (Å²) in [6.07, 6.45) is 0. The topological polar surface area (TPSA) is 25.8 Å². The van der Waals surface area contributed by atoms with Crippen LogP contribution in [0.15, 0.2) is 194 Å². The van der Waals surface area contributed by atoms with Crippen LogP contribution in [0.2, 0.25) is 0 Å². The fourth-order valence-electron chi connectivity index (χ4n) is 9.19. The van der Waals surface area contributed by atoms with Gasteiger partial charge >= 0.3 is 0 Å². The van der Waals surface area contributed by atoms with Crippen molar-refractivity contribution >= 4 is 75.7 Å². The molecule has 0 atom stereocenters. The predicted molar refractivity (Wildman–Crippen MR) is 238 cm³/mol. The number of hydrogen-bond donors (Lipinski definition) is 0. The highest BCUT2D eigenvalue weighted by atomic mass is 14.8. The van der Waals surface area contributed by atoms with Crippen molar-refractivity contribution in [2.24, 2.45) is 0 Å². The molecule has 2 heterocycles. The maximum absolute atomic E-state index is 5.25. The van der Waals surface area contributed by atoms with Crippen LogP contribution in [0.3, 0.4) is 0 Å². The molecular formula is C54H32N2. The Bertz CT molecular complexity index is 3440. The average molecular weight is 709 g/mol. The molecule has 0 unspecified atom stereocenters. The maximum Gasteiger partial charge on any atom is 0.0972 e. The van der Waals surface area contributed by atoms with Crippen LogP contribution in [0.5, 0.6) is 0 Å². The molecule has 258 valence electrons. The normalized spacial score (nSPS) is 11.9. The first-order valence-electron chi connectivity index (χ1n) is 19.2. The van der Waals surface area contributed by atoms with Crippen LogP contribution in [-0.4, -0.2) is 9.97 Å². The lowest BCUT2D eigenvalue weighted by molar-refractivity contribution is 1.36. The van der Waals surface area contributed by atoms with Gasteiger partial charge in [-0.15, -0.1) is 0 Å². The number of aromatic nitrogens is 2. The summed E-state index contributed by atoms with van der Waals surface area (Å²) in [4.78, 5) is 10.4. The maximum atomic E-state index is 5.25. The fraction of sp³-hybridized carbons (Fsp3) is 0. The number of rotatable bonds is 4. The van der Waals surface area contributed by atoms with E-state index in [1.54, 1.807) is 0 Å². The number of benzene rings is 10. The molecule has 56 heavy (non-hydrogen) atoms. The third-order valence-electron chi connectivity index (χ3n) is 11.8. The first-order chi connectivity index (χ1) is 27.8. The van der Waals surface area contributed by atoms with Crippen LogP contribution >= 0.6 is 0 Å². The van der Waals surface area contributed by atoms with Crippen LogP contribution in [0, 0.1) is 0 Å². The smallest absolute Gasteiger partial charge is 0.0972 e. The summed E-state index contributed by atoms with van der Waals surface area (Å²) in [5.41, 5.74) is 10.9. The van der Waals surface area contributed by atoms with Crippen molar-refractivity contribution in [1.82, 2.24) is 9.97 Å². The standard InChI is InChI=1S/C54H32N2/c1-2-9-33(10-3-1)47-31-27-39-23-24-40-28-32-48(56-54(40)53(39)55-47)34-17-19-37(20-18-34)50-41-13-4-6-15-43(41)52(44-16-7-5-14-42(44)50)46-30-26-38-22-21-35-11-8-12-36-25-29-45(46)51(38)49(35)36/h1-32H. The highest BCUT2D eigenvalue weighted by molar-refractivity contribution is 6.29. The van der Waals surface area contributed by atoms with E-state index in [1.807, 2.05) is 6.07 Å². The lowest BCUT2D eigenvalue weighted by Gasteiger charge is -2.20. The average Bonchev–Trinajstić information content (AvgIpc) is 3.27. The number of fused-ring (bicyclic) bond motifs is 5. The number of nitrogens with zero attached hydrogens (tertiary/aromatic N) is 2. The Morgan fingerprint density at radius 2 is 0.696 bits per heavy atom. The van der Waals surface area contributed by atoms with E-state index in [0.29, 0.717) is 0 Å². The minimum absolute atomic E-state index is 0.918. The highest BCUT2D eigenvalue weighted by Crippen LogP contribution is 2.47. The van der Waals surface area contributed by atoms with Crippen molar-refractivity contribution in [1.29, 1.82) is 0 Å². The molecule has 0 aliphatic heterocycles. The van der Waals surface area contributed by atoms with Crippen molar-refractivity contribution in [2.75, 3.05) is 0 Å². The summed E-state index contributed by atoms with van der Waals surface area (Å²) >= 11 is 0. The minimum Gasteiger partial charge on any atom is -0.245 e. The molecule has 0 aliphatic carbocycles. The van der Waals surface area contributed by atoms with Gasteiger partial charge in [0.25, 0.3) is 0 Å². The lowest BCUT2D eigenvalue weighted by Crippen LogP contribution is -1.93. The van der Waals surface area contributed by atoms with Gasteiger partial charge in [0.1, 0.15) is 0 Å². The zero-order chi connectivity index (χ0) is 36.7. The van der Waals surface area contributed by atoms with Gasteiger partial charge in [-0.05, 0) is 88.2 Å². The van der Waals surface area contributed by atoms with Gasteiger partial charge in [0, 0.05) is 21.9 Å². The Labute approximate surface area is 323 Å². The van der Waals surface area contributed by atoms with Gasteiger partial charge in [-0.2, -0.15) is 0 Å². The molecule has 0 bridgehead atoms. The summed E-state index contributed by atoms with van der Waals surface area (Å²) in [5.74, 6) is 0. The molecule has 0 N–H and O–H groups in total. The zero-order valence-corrected chi connectivity index (χ0v) is 30.4. The Kier molecular flexibility index (Phi) is 6.66. The minimum atomic E-state index is 0.918. The van der Waals surface area contributed by atoms with Crippen molar-refractivity contribution in [2.45, 2.75) is 0 Å². The summed E-state index contributed by atoms with van der Waals surface area (Å²) in [5, 5.41) is 15.0. The summed E-state index contributed by atoms with van der Waals surface area (Å²) in [7, 11) is 0. The first-order valence-corrected chi connectivity index (χ1v) is 19.2. The largest absolute Gasteiger partial charge is 0.245 e. The third kappa shape index (κ3) is 4.63. The van der Waals surface area contributed by atoms with Gasteiger partial charge < -0.3 is 0 Å². The van der Waals surface area contributed by atoms with Crippen molar-refractivity contribution in [3.8, 4) is 44.8 Å². The lowest BCUT2D eigenvalue weighted by atomic mass is 9.83. The summed E-state index contributed by atoms with van der Waals surface area (Å²) in [6.45, 7) is 0. The third-order valence-corrected chi connectivity index (χ3v) is 11.8. The van der Waals surface area contributed by atoms with Crippen LogP contribution < -0.4 is 0 Å². The van der Waals surface area contributed by atoms with Crippen molar-refractivity contribution < 1.29 is 0 Å². The van der Waals surface area contributed by atoms with Crippen LogP contribution in [0.1, 0.15) is 0 Å². The number of pyridine rings is 2. The molecule has 10 aromatic carbocycles. The molecule has 12 aromatic rings. The second-order valence-electron chi connectivity index (χ2n) is 14.9. The Hall–Kier alpha value is -7.42. The summed E-state index contributed by atoms with van der Waals surface area (Å²) < 4.78 is 0. The van der Waals surface area contributed by atoms with Gasteiger partial charge in [-0.3, -0.25) is 0 Å². The molecule has 0 saturated heterocycles. The molecule has 12 rings (SSSR count). The van der Waals surface area contributed by atoms with Gasteiger partial charge in [0.05, 0.1) is 22.4 Å². The molecule has 0 aliphatic rings. The SMILES string of the molecule is c1ccc(-c2ccc3ccc4ccc(-c5ccc(-c6c7ccccc7c(-c7ccc8ccc9cccc%10ccc7c8c9%10)c7ccccc67)cc5)nc4c3n2)cc1. The quantitative estimate of drug-likeness (QED) is 0.134. The van der Waals surface area contributed by atoms with Gasteiger partial charge in [-0.1, -0.05) is 182 Å². The van der Waals surface area contributed by atoms with E-state index in [9.17, 15) is 0 Å². The Morgan fingerprint density at radius 1 is 0.250 bits per heavy atom. The van der Waals surface area contributed by atoms with Crippen LogP contribution in [0.25, 0.3) is 120 Å². The fourth-order valence-corrected chi connectivity index (χ4v) is 9.19. The molecule has 0 radical (unpaired) electrons. The molecular weight excluding hydrogens is 677 g/mol. The van der Waals surface area contributed by atoms with Gasteiger partial charge in [0.15, 0.2) is 0 Å². The first kappa shape index (κ1) is 31.0. The van der Waals surface area contributed by atoms with E-state index < -0.39 is 0 Å². The second kappa shape index (κ2) is 12.0. The van der Waals surface area contributed by atoms with Crippen LogP contribution in [-0.2, 0) is 0 Å². The van der Waals surface area contributed by atoms with E-state index in [1.165, 1.54) is 76.1 Å². The van der Waals surface area contributed by atoms with Crippen molar-refractivity contribution in [3.63, 3.8) is 0 Å². The van der Waals surface area contributed by atoms with Crippen molar-refractivity contribution in [3.05, 3.63) is 194 Å². The Balaban J connectivity index is 1.02. The van der Waals surface area contributed by atoms with E-state index in [-0.39, 0.29) is 0 Å². The van der Waals surface area contributed by atoms with E-state index >= 15 is 0 Å². The molecule has 2 aromatic heterocycles. The number of hydrogen-bond acceptors (Lipinski definition) is 2. The molecule has 2 nitrogen and oxygen atoms in total.